The Bertz CT molecular complexity index is 346. The maximum absolute atomic E-state index is 11.9. The molecule has 0 atom stereocenters. The molecule has 0 fully saturated rings. The van der Waals surface area contributed by atoms with E-state index >= 15 is 0 Å². The highest BCUT2D eigenvalue weighted by molar-refractivity contribution is 9.10. The smallest absolute Gasteiger partial charge is 0.289 e. The number of carbonyl (C=O) groups excluding carboxylic acids is 1. The van der Waals surface area contributed by atoms with E-state index < -0.39 is 18.4 Å². The Labute approximate surface area is 87.1 Å². The summed E-state index contributed by atoms with van der Waals surface area (Å²) in [5, 5.41) is 0. The Kier molecular flexibility index (Phi) is 3.31. The topological polar surface area (TPSA) is 17.1 Å². The number of Topliss-reactive ketones (excluding diaryl/α,β-unsaturated/α-hetero) is 1. The number of rotatable bonds is 2. The molecule has 1 aromatic rings. The molecule has 0 spiro atoms. The fourth-order valence-electron chi connectivity index (χ4n) is 0.933. The van der Waals surface area contributed by atoms with Crippen molar-refractivity contribution in [2.75, 3.05) is 0 Å². The summed E-state index contributed by atoms with van der Waals surface area (Å²) in [6, 6.07) is 6.24. The standard InChI is InChI=1S/C9H6BrF3O/c10-7-3-1-2-6(4-7)5-8(14)9(11,12)13/h1-4H,5H2. The number of hydrogen-bond donors (Lipinski definition) is 0. The van der Waals surface area contributed by atoms with Crippen molar-refractivity contribution in [2.45, 2.75) is 12.6 Å². The van der Waals surface area contributed by atoms with Gasteiger partial charge >= 0.3 is 6.18 Å². The third-order valence-corrected chi connectivity index (χ3v) is 2.06. The van der Waals surface area contributed by atoms with Gasteiger partial charge in [0.05, 0.1) is 0 Å². The maximum Gasteiger partial charge on any atom is 0.450 e. The Morgan fingerprint density at radius 2 is 2.00 bits per heavy atom. The van der Waals surface area contributed by atoms with Crippen LogP contribution in [-0.2, 0) is 11.2 Å². The van der Waals surface area contributed by atoms with Crippen LogP contribution >= 0.6 is 15.9 Å². The average Bonchev–Trinajstić information content (AvgIpc) is 2.02. The molecule has 0 aliphatic heterocycles. The molecule has 14 heavy (non-hydrogen) atoms. The maximum atomic E-state index is 11.9. The van der Waals surface area contributed by atoms with Crippen LogP contribution in [-0.4, -0.2) is 12.0 Å². The molecule has 0 bridgehead atoms. The van der Waals surface area contributed by atoms with Crippen molar-refractivity contribution >= 4 is 21.7 Å². The molecule has 0 N–H and O–H groups in total. The zero-order valence-corrected chi connectivity index (χ0v) is 8.52. The van der Waals surface area contributed by atoms with Crippen molar-refractivity contribution in [1.29, 1.82) is 0 Å². The molecule has 0 heterocycles. The van der Waals surface area contributed by atoms with Gasteiger partial charge in [-0.2, -0.15) is 13.2 Å². The normalized spacial score (nSPS) is 11.4. The molecule has 0 aliphatic rings. The first-order valence-corrected chi connectivity index (χ1v) is 4.53. The third-order valence-electron chi connectivity index (χ3n) is 1.57. The Morgan fingerprint density at radius 1 is 1.36 bits per heavy atom. The lowest BCUT2D eigenvalue weighted by atomic mass is 10.1. The van der Waals surface area contributed by atoms with Crippen LogP contribution in [0.3, 0.4) is 0 Å². The molecule has 0 amide bonds. The van der Waals surface area contributed by atoms with Gasteiger partial charge in [0.2, 0.25) is 5.78 Å². The molecule has 76 valence electrons. The van der Waals surface area contributed by atoms with E-state index in [0.29, 0.717) is 10.0 Å². The lowest BCUT2D eigenvalue weighted by Crippen LogP contribution is -2.24. The molecular weight excluding hydrogens is 261 g/mol. The number of halogens is 4. The highest BCUT2D eigenvalue weighted by atomic mass is 79.9. The minimum absolute atomic E-state index is 0.349. The monoisotopic (exact) mass is 266 g/mol. The quantitative estimate of drug-likeness (QED) is 0.804. The van der Waals surface area contributed by atoms with Gasteiger partial charge in [0.15, 0.2) is 0 Å². The molecule has 0 unspecified atom stereocenters. The van der Waals surface area contributed by atoms with Crippen molar-refractivity contribution in [1.82, 2.24) is 0 Å². The second kappa shape index (κ2) is 4.13. The second-order valence-electron chi connectivity index (χ2n) is 2.73. The molecule has 0 saturated heterocycles. The van der Waals surface area contributed by atoms with Crippen LogP contribution in [0.2, 0.25) is 0 Å². The van der Waals surface area contributed by atoms with Gasteiger partial charge in [-0.3, -0.25) is 4.79 Å². The lowest BCUT2D eigenvalue weighted by Gasteiger charge is -2.04. The highest BCUT2D eigenvalue weighted by Gasteiger charge is 2.37. The van der Waals surface area contributed by atoms with Crippen LogP contribution in [0.5, 0.6) is 0 Å². The van der Waals surface area contributed by atoms with Crippen molar-refractivity contribution in [3.63, 3.8) is 0 Å². The van der Waals surface area contributed by atoms with E-state index in [0.717, 1.165) is 0 Å². The van der Waals surface area contributed by atoms with Gasteiger partial charge in [0.25, 0.3) is 0 Å². The van der Waals surface area contributed by atoms with E-state index in [9.17, 15) is 18.0 Å². The Morgan fingerprint density at radius 3 is 2.50 bits per heavy atom. The van der Waals surface area contributed by atoms with Crippen LogP contribution in [0.15, 0.2) is 28.7 Å². The fraction of sp³-hybridized carbons (Fsp3) is 0.222. The molecule has 1 aromatic carbocycles. The summed E-state index contributed by atoms with van der Waals surface area (Å²) in [4.78, 5) is 10.6. The van der Waals surface area contributed by atoms with Crippen molar-refractivity contribution in [3.05, 3.63) is 34.3 Å². The minimum atomic E-state index is -4.75. The van der Waals surface area contributed by atoms with Gasteiger partial charge in [0.1, 0.15) is 0 Å². The van der Waals surface area contributed by atoms with Gasteiger partial charge in [0, 0.05) is 10.9 Å². The molecule has 0 radical (unpaired) electrons. The van der Waals surface area contributed by atoms with E-state index in [1.165, 1.54) is 12.1 Å². The van der Waals surface area contributed by atoms with E-state index in [-0.39, 0.29) is 0 Å². The van der Waals surface area contributed by atoms with Gasteiger partial charge in [-0.1, -0.05) is 28.1 Å². The minimum Gasteiger partial charge on any atom is -0.289 e. The Balaban J connectivity index is 2.75. The third kappa shape index (κ3) is 3.14. The van der Waals surface area contributed by atoms with Crippen molar-refractivity contribution < 1.29 is 18.0 Å². The summed E-state index contributed by atoms with van der Waals surface area (Å²) in [5.74, 6) is -1.73. The van der Waals surface area contributed by atoms with E-state index in [4.69, 9.17) is 0 Å². The SMILES string of the molecule is O=C(Cc1cccc(Br)c1)C(F)(F)F. The molecular formula is C9H6BrF3O. The molecule has 1 rings (SSSR count). The average molecular weight is 267 g/mol. The van der Waals surface area contributed by atoms with Crippen molar-refractivity contribution in [3.8, 4) is 0 Å². The van der Waals surface area contributed by atoms with Crippen LogP contribution in [0.4, 0.5) is 13.2 Å². The number of alkyl halides is 3. The van der Waals surface area contributed by atoms with Crippen LogP contribution in [0.1, 0.15) is 5.56 Å². The van der Waals surface area contributed by atoms with Gasteiger partial charge in [-0.15, -0.1) is 0 Å². The first kappa shape index (κ1) is 11.2. The first-order valence-electron chi connectivity index (χ1n) is 3.74. The zero-order valence-electron chi connectivity index (χ0n) is 6.94. The largest absolute Gasteiger partial charge is 0.450 e. The zero-order chi connectivity index (χ0) is 10.8. The summed E-state index contributed by atoms with van der Waals surface area (Å²) in [6.07, 6.45) is -5.36. The number of benzene rings is 1. The van der Waals surface area contributed by atoms with E-state index in [2.05, 4.69) is 15.9 Å². The van der Waals surface area contributed by atoms with E-state index in [1.54, 1.807) is 12.1 Å². The molecule has 0 saturated carbocycles. The molecule has 0 aliphatic carbocycles. The summed E-state index contributed by atoms with van der Waals surface area (Å²) in [5.41, 5.74) is 0.349. The van der Waals surface area contributed by atoms with Crippen LogP contribution < -0.4 is 0 Å². The van der Waals surface area contributed by atoms with Crippen LogP contribution in [0, 0.1) is 0 Å². The summed E-state index contributed by atoms with van der Waals surface area (Å²) < 4.78 is 36.3. The van der Waals surface area contributed by atoms with Gasteiger partial charge < -0.3 is 0 Å². The molecule has 5 heteroatoms. The summed E-state index contributed by atoms with van der Waals surface area (Å²) in [7, 11) is 0. The lowest BCUT2D eigenvalue weighted by molar-refractivity contribution is -0.170. The summed E-state index contributed by atoms with van der Waals surface area (Å²) >= 11 is 3.11. The summed E-state index contributed by atoms with van der Waals surface area (Å²) in [6.45, 7) is 0. The number of ketones is 1. The van der Waals surface area contributed by atoms with Crippen molar-refractivity contribution in [2.24, 2.45) is 0 Å². The predicted molar refractivity (Wildman–Crippen MR) is 48.9 cm³/mol. The second-order valence-corrected chi connectivity index (χ2v) is 3.64. The van der Waals surface area contributed by atoms with Crippen LogP contribution in [0.25, 0.3) is 0 Å². The predicted octanol–water partition coefficient (Wildman–Crippen LogP) is 3.12. The molecule has 1 nitrogen and oxygen atoms in total. The molecule has 0 aromatic heterocycles. The number of hydrogen-bond acceptors (Lipinski definition) is 1. The number of carbonyl (C=O) groups is 1. The highest BCUT2D eigenvalue weighted by Crippen LogP contribution is 2.20. The Hall–Kier alpha value is -0.840. The van der Waals surface area contributed by atoms with E-state index in [1.807, 2.05) is 0 Å². The van der Waals surface area contributed by atoms with Gasteiger partial charge in [-0.05, 0) is 17.7 Å². The van der Waals surface area contributed by atoms with Gasteiger partial charge in [-0.25, -0.2) is 0 Å². The fourth-order valence-corrected chi connectivity index (χ4v) is 1.38. The first-order chi connectivity index (χ1) is 6.39.